The van der Waals surface area contributed by atoms with E-state index in [-0.39, 0.29) is 36.7 Å². The molecule has 372 valence electrons. The highest BCUT2D eigenvalue weighted by atomic mass is 35.5. The normalized spacial score (nSPS) is 19.4. The van der Waals surface area contributed by atoms with Gasteiger partial charge in [0, 0.05) is 50.1 Å². The van der Waals surface area contributed by atoms with E-state index in [1.54, 1.807) is 32.9 Å². The summed E-state index contributed by atoms with van der Waals surface area (Å²) < 4.78 is 38.4. The number of ether oxygens (including phenoxy) is 7. The molecule has 6 atom stereocenters. The molecule has 66 heavy (non-hydrogen) atoms. The van der Waals surface area contributed by atoms with Crippen LogP contribution in [0.5, 0.6) is 0 Å². The van der Waals surface area contributed by atoms with Crippen LogP contribution in [0.15, 0.2) is 33.9 Å². The van der Waals surface area contributed by atoms with Crippen molar-refractivity contribution < 1.29 is 72.8 Å². The highest BCUT2D eigenvalue weighted by molar-refractivity contribution is 6.30. The van der Waals surface area contributed by atoms with Gasteiger partial charge >= 0.3 is 12.1 Å². The summed E-state index contributed by atoms with van der Waals surface area (Å²) in [6, 6.07) is 4.66. The van der Waals surface area contributed by atoms with Crippen LogP contribution < -0.4 is 37.4 Å². The third kappa shape index (κ3) is 19.4. The van der Waals surface area contributed by atoms with Crippen LogP contribution in [0.1, 0.15) is 70.2 Å². The second-order valence-corrected chi connectivity index (χ2v) is 16.8. The van der Waals surface area contributed by atoms with Gasteiger partial charge in [0.1, 0.15) is 29.2 Å². The number of nitrogens with one attached hydrogen (secondary N) is 5. The van der Waals surface area contributed by atoms with Crippen LogP contribution in [0.2, 0.25) is 5.02 Å². The number of hydrogen-bond acceptors (Lipinski definition) is 18. The largest absolute Gasteiger partial charge is 0.477 e. The Labute approximate surface area is 387 Å². The number of hydrogen-bond donors (Lipinski definition) is 9. The first-order chi connectivity index (χ1) is 31.3. The quantitative estimate of drug-likeness (QED) is 0.0357. The maximum absolute atomic E-state index is 12.6. The van der Waals surface area contributed by atoms with Crippen molar-refractivity contribution >= 4 is 46.9 Å². The minimum Gasteiger partial charge on any atom is -0.477 e. The zero-order chi connectivity index (χ0) is 48.7. The highest BCUT2D eigenvalue weighted by Gasteiger charge is 2.55. The van der Waals surface area contributed by atoms with Crippen molar-refractivity contribution in [2.24, 2.45) is 0 Å². The second-order valence-electron chi connectivity index (χ2n) is 16.3. The third-order valence-corrected chi connectivity index (χ3v) is 9.99. The number of carbonyl (C=O) groups excluding carboxylic acids is 3. The number of halogens is 1. The van der Waals surface area contributed by atoms with Gasteiger partial charge in [0.15, 0.2) is 0 Å². The molecular formula is C43H66ClN5O17. The van der Waals surface area contributed by atoms with Crippen molar-refractivity contribution in [1.29, 1.82) is 0 Å². The summed E-state index contributed by atoms with van der Waals surface area (Å²) in [5, 5.41) is 56.8. The number of alkyl carbamates (subject to hydrolysis) is 1. The van der Waals surface area contributed by atoms with E-state index in [4.69, 9.17) is 44.8 Å². The summed E-state index contributed by atoms with van der Waals surface area (Å²) >= 11 is 5.94. The zero-order valence-corrected chi connectivity index (χ0v) is 38.7. The van der Waals surface area contributed by atoms with Crippen molar-refractivity contribution in [2.45, 2.75) is 102 Å². The van der Waals surface area contributed by atoms with Crippen LogP contribution in [-0.4, -0.2) is 172 Å². The summed E-state index contributed by atoms with van der Waals surface area (Å²) in [5.74, 6) is -5.29. The summed E-state index contributed by atoms with van der Waals surface area (Å²) in [7, 11) is 0. The maximum Gasteiger partial charge on any atom is 0.407 e. The van der Waals surface area contributed by atoms with E-state index in [1.807, 2.05) is 0 Å². The van der Waals surface area contributed by atoms with E-state index in [2.05, 4.69) is 26.6 Å². The second kappa shape index (κ2) is 28.6. The number of carboxylic acids is 1. The smallest absolute Gasteiger partial charge is 0.407 e. The molecule has 0 radical (unpaired) electrons. The molecule has 0 spiro atoms. The lowest BCUT2D eigenvalue weighted by Gasteiger charge is -2.46. The van der Waals surface area contributed by atoms with Crippen LogP contribution in [0.25, 0.3) is 0 Å². The standard InChI is InChI=1S/C43H66ClN5O17/c1-27(50)49-32-30(51)25-43(40(57)58,65-38(32)35(53)31(52)26-48-39(56)28-10-9-11-29(44)24-28)64-15-8-6-5-7-12-45-33-34(37(55)36(33)54)46-13-16-60-18-20-62-22-23-63-21-19-61-17-14-47-41(59)66-42(2,3)4/h9-11,24,30-32,35,38,45-46,51-53H,5-8,12-23,25-26H2,1-4H3,(H,47,59)(H,48,56)(H,49,50)(H,57,58)/t30-,31+,32+,35+,38+,43+/m0/s1. The van der Waals surface area contributed by atoms with E-state index in [0.29, 0.717) is 90.0 Å². The van der Waals surface area contributed by atoms with E-state index >= 15 is 0 Å². The van der Waals surface area contributed by atoms with Gasteiger partial charge in [-0.15, -0.1) is 0 Å². The van der Waals surface area contributed by atoms with Crippen LogP contribution in [0.4, 0.5) is 16.2 Å². The Bertz CT molecular complexity index is 1890. The van der Waals surface area contributed by atoms with Crippen LogP contribution in [-0.2, 0) is 42.7 Å². The fourth-order valence-corrected chi connectivity index (χ4v) is 6.72. The lowest BCUT2D eigenvalue weighted by molar-refractivity contribution is -0.310. The molecule has 0 aliphatic carbocycles. The minimum atomic E-state index is -2.45. The fourth-order valence-electron chi connectivity index (χ4n) is 6.53. The Morgan fingerprint density at radius 3 is 1.97 bits per heavy atom. The Balaban J connectivity index is 1.29. The SMILES string of the molecule is CC(=O)N[C@H]1[C@H]([C@H](O)[C@H](O)CNC(=O)c2cccc(Cl)c2)O[C@@](OCCCCCCNc2c(NCCOCCOCCOCCOCCNC(=O)OC(C)(C)C)c(=O)c2=O)(C(=O)O)C[C@@H]1O. The average Bonchev–Trinajstić information content (AvgIpc) is 3.25. The van der Waals surface area contributed by atoms with E-state index in [0.717, 1.165) is 6.92 Å². The molecule has 3 rings (SSSR count). The number of anilines is 2. The van der Waals surface area contributed by atoms with Gasteiger partial charge in [0.2, 0.25) is 5.91 Å². The molecule has 0 unspecified atom stereocenters. The lowest BCUT2D eigenvalue weighted by atomic mass is 9.88. The first-order valence-corrected chi connectivity index (χ1v) is 22.2. The highest BCUT2D eigenvalue weighted by Crippen LogP contribution is 2.34. The van der Waals surface area contributed by atoms with Gasteiger partial charge in [-0.25, -0.2) is 9.59 Å². The zero-order valence-electron chi connectivity index (χ0n) is 37.9. The molecule has 1 saturated heterocycles. The van der Waals surface area contributed by atoms with Gasteiger partial charge in [0.05, 0.1) is 77.7 Å². The number of benzene rings is 1. The molecule has 1 fully saturated rings. The molecule has 1 heterocycles. The van der Waals surface area contributed by atoms with Crippen molar-refractivity contribution in [3.8, 4) is 0 Å². The van der Waals surface area contributed by atoms with Gasteiger partial charge in [-0.1, -0.05) is 30.5 Å². The molecular weight excluding hydrogens is 894 g/mol. The van der Waals surface area contributed by atoms with Gasteiger partial charge < -0.3 is 80.2 Å². The Morgan fingerprint density at radius 1 is 0.818 bits per heavy atom. The molecule has 9 N–H and O–H groups in total. The van der Waals surface area contributed by atoms with Crippen molar-refractivity contribution in [1.82, 2.24) is 16.0 Å². The van der Waals surface area contributed by atoms with Crippen molar-refractivity contribution in [3.63, 3.8) is 0 Å². The molecule has 23 heteroatoms. The fraction of sp³-hybridized carbons (Fsp3) is 0.674. The molecule has 0 bridgehead atoms. The Kier molecular flexibility index (Phi) is 24.2. The minimum absolute atomic E-state index is 0.136. The van der Waals surface area contributed by atoms with Crippen molar-refractivity contribution in [3.05, 3.63) is 55.3 Å². The van der Waals surface area contributed by atoms with E-state index in [9.17, 15) is 49.2 Å². The summed E-state index contributed by atoms with van der Waals surface area (Å²) in [6.07, 6.45) is -5.86. The Morgan fingerprint density at radius 2 is 1.39 bits per heavy atom. The molecule has 2 aromatic rings. The van der Waals surface area contributed by atoms with Crippen LogP contribution >= 0.6 is 11.6 Å². The van der Waals surface area contributed by atoms with E-state index < -0.39 is 89.5 Å². The number of carboxylic acid groups (broad SMARTS) is 1. The molecule has 2 aromatic carbocycles. The third-order valence-electron chi connectivity index (χ3n) is 9.76. The number of aliphatic hydroxyl groups excluding tert-OH is 3. The van der Waals surface area contributed by atoms with Gasteiger partial charge in [-0.3, -0.25) is 19.2 Å². The van der Waals surface area contributed by atoms with Gasteiger partial charge in [0.25, 0.3) is 22.6 Å². The van der Waals surface area contributed by atoms with E-state index in [1.165, 1.54) is 12.1 Å². The summed E-state index contributed by atoms with van der Waals surface area (Å²) in [5.41, 5.74) is -1.26. The van der Waals surface area contributed by atoms with Crippen molar-refractivity contribution in [2.75, 3.05) is 96.3 Å². The lowest BCUT2D eigenvalue weighted by Crippen LogP contribution is -2.68. The van der Waals surface area contributed by atoms with Gasteiger partial charge in [-0.2, -0.15) is 0 Å². The molecule has 0 aromatic heterocycles. The number of unbranched alkanes of at least 4 members (excludes halogenated alkanes) is 3. The number of amides is 3. The molecule has 1 aliphatic rings. The number of rotatable bonds is 32. The van der Waals surface area contributed by atoms with Crippen LogP contribution in [0, 0.1) is 0 Å². The predicted octanol–water partition coefficient (Wildman–Crippen LogP) is 0.515. The number of carbonyl (C=O) groups is 4. The first-order valence-electron chi connectivity index (χ1n) is 21.8. The monoisotopic (exact) mass is 959 g/mol. The molecule has 3 amide bonds. The number of aliphatic carboxylic acids is 1. The predicted molar refractivity (Wildman–Crippen MR) is 240 cm³/mol. The summed E-state index contributed by atoms with van der Waals surface area (Å²) in [4.78, 5) is 73.0. The number of aliphatic hydroxyl groups is 3. The first kappa shape index (κ1) is 55.8. The average molecular weight is 960 g/mol. The topological polar surface area (TPSA) is 308 Å². The molecule has 0 saturated carbocycles. The summed E-state index contributed by atoms with van der Waals surface area (Å²) in [6.45, 7) is 9.54. The molecule has 1 aliphatic heterocycles. The molecule has 22 nitrogen and oxygen atoms in total. The van der Waals surface area contributed by atoms with Crippen LogP contribution in [0.3, 0.4) is 0 Å². The van der Waals surface area contributed by atoms with Gasteiger partial charge in [-0.05, 0) is 51.8 Å². The maximum atomic E-state index is 12.6. The Hall–Kier alpha value is -4.49.